The van der Waals surface area contributed by atoms with Gasteiger partial charge in [0, 0.05) is 28.3 Å². The van der Waals surface area contributed by atoms with Crippen molar-refractivity contribution in [3.05, 3.63) is 147 Å². The molecule has 102 heavy (non-hydrogen) atoms. The number of anilines is 3. The number of carbonyl (C=O) groups excluding carboxylic acids is 7. The number of aldehydes is 1. The van der Waals surface area contributed by atoms with Gasteiger partial charge in [0.25, 0.3) is 0 Å². The van der Waals surface area contributed by atoms with E-state index in [9.17, 15) is 51.8 Å². The molecule has 0 aliphatic carbocycles. The number of methoxy groups -OCH3 is 3. The van der Waals surface area contributed by atoms with Crippen LogP contribution in [0.25, 0.3) is 39.5 Å². The molecule has 0 unspecified atom stereocenters. The number of hydrogen-bond acceptors (Lipinski definition) is 24. The number of pyridine rings is 3. The van der Waals surface area contributed by atoms with Gasteiger partial charge in [-0.15, -0.1) is 5.60 Å². The minimum atomic E-state index is -1.40. The van der Waals surface area contributed by atoms with Crippen LogP contribution in [0.2, 0.25) is 0 Å². The van der Waals surface area contributed by atoms with E-state index in [4.69, 9.17) is 54.5 Å². The van der Waals surface area contributed by atoms with Crippen molar-refractivity contribution < 1.29 is 145 Å². The summed E-state index contributed by atoms with van der Waals surface area (Å²) in [6.07, 6.45) is 5.97. The molecule has 0 bridgehead atoms. The monoisotopic (exact) mass is 1470 g/mol. The van der Waals surface area contributed by atoms with E-state index in [1.165, 1.54) is 132 Å². The third-order valence-corrected chi connectivity index (χ3v) is 14.6. The molecule has 0 atom stereocenters. The Morgan fingerprint density at radius 3 is 1.19 bits per heavy atom. The minimum absolute atomic E-state index is 0. The normalized spacial score (nSPS) is 11.4. The Hall–Kier alpha value is -7.60. The standard InChI is InChI=1S/C21H23FN2O4.C19H21FN2O4.C17H17FN2O3.C8H17O5P.C4H9N.C4H9O.K/c1-5-28-16(25)11-10-15-17(13-6-8-14(22)9-7-13)18(21(26)27-4)19(12(2)3)24-20(15)23;1-5-26-19(24)15-13(11-6-8-12(20)9-7-11)14(18(23)25-4)16(10(2)3)22-17(15)21;1-9(2)15-14(17(22)23-3)13(12(8-21)16(19)20-15)10-4-6-11(18)7-5-10;1-4-10-8(9)7-13-14(11-5-2)12-6-3;1-2-4-5-3-1;1-4(2,3)5;/h6-12H,5H2,1-4H3,(H2,23,24);6-10H,5H2,1-4H3,(H2,21,22);4-9H,1-3H3,(H2,19,20);4-7H2,1-3H3;5H,1-4H2;1-3H3;/q;;;;;-1;+1/b11-10+;;;;;;. The largest absolute Gasteiger partial charge is 1.00 e. The second-order valence-corrected chi connectivity index (χ2v) is 24.4. The summed E-state index contributed by atoms with van der Waals surface area (Å²) in [5, 5.41) is 13.3. The predicted octanol–water partition coefficient (Wildman–Crippen LogP) is 10.1. The average Bonchev–Trinajstić information content (AvgIpc) is 0.828. The summed E-state index contributed by atoms with van der Waals surface area (Å²) in [7, 11) is 2.35. The Kier molecular flexibility index (Phi) is 43.1. The first-order valence-corrected chi connectivity index (χ1v) is 33.6. The molecule has 0 saturated carbocycles. The van der Waals surface area contributed by atoms with Crippen molar-refractivity contribution in [3.63, 3.8) is 0 Å². The Bertz CT molecular complexity index is 3690. The van der Waals surface area contributed by atoms with Gasteiger partial charge < -0.3 is 69.6 Å². The number of nitrogens with two attached hydrogens (primary N) is 3. The number of rotatable bonds is 23. The smallest absolute Gasteiger partial charge is 0.850 e. The fourth-order valence-electron chi connectivity index (χ4n) is 9.11. The molecule has 1 saturated heterocycles. The van der Waals surface area contributed by atoms with Crippen LogP contribution in [0.1, 0.15) is 202 Å². The summed E-state index contributed by atoms with van der Waals surface area (Å²) in [5.41, 5.74) is 21.9. The summed E-state index contributed by atoms with van der Waals surface area (Å²) in [5.74, 6) is -5.15. The molecule has 552 valence electrons. The Balaban J connectivity index is 0.000000659. The third kappa shape index (κ3) is 30.0. The van der Waals surface area contributed by atoms with Gasteiger partial charge in [-0.2, -0.15) is 0 Å². The van der Waals surface area contributed by atoms with E-state index in [1.54, 1.807) is 41.5 Å². The van der Waals surface area contributed by atoms with Crippen molar-refractivity contribution in [2.24, 2.45) is 0 Å². The topological polar surface area (TPSA) is 354 Å². The number of nitrogens with zero attached hydrogens (tertiary/aromatic N) is 3. The van der Waals surface area contributed by atoms with Crippen molar-refractivity contribution >= 4 is 74.2 Å². The van der Waals surface area contributed by atoms with Gasteiger partial charge in [-0.25, -0.2) is 56.9 Å². The number of nitrogens with one attached hydrogen (secondary N) is 1. The zero-order valence-corrected chi connectivity index (χ0v) is 65.6. The maximum absolute atomic E-state index is 13.4. The Labute approximate surface area is 639 Å². The number of carbonyl (C=O) groups is 7. The molecule has 1 fully saturated rings. The Morgan fingerprint density at radius 2 is 0.863 bits per heavy atom. The molecule has 0 amide bonds. The van der Waals surface area contributed by atoms with E-state index in [-0.39, 0.29) is 140 Å². The third-order valence-electron chi connectivity index (χ3n) is 13.3. The molecule has 3 aromatic carbocycles. The van der Waals surface area contributed by atoms with Crippen LogP contribution in [0, 0.1) is 17.5 Å². The van der Waals surface area contributed by atoms with Crippen LogP contribution in [0.3, 0.4) is 0 Å². The van der Waals surface area contributed by atoms with Crippen LogP contribution in [0.5, 0.6) is 0 Å². The second kappa shape index (κ2) is 47.6. The quantitative estimate of drug-likeness (QED) is 0.0116. The van der Waals surface area contributed by atoms with Gasteiger partial charge in [0.15, 0.2) is 12.9 Å². The first-order valence-electron chi connectivity index (χ1n) is 32.5. The number of ether oxygens (including phenoxy) is 6. The molecule has 7 rings (SSSR count). The zero-order chi connectivity index (χ0) is 76.3. The van der Waals surface area contributed by atoms with Crippen LogP contribution >= 0.6 is 8.60 Å². The van der Waals surface area contributed by atoms with E-state index in [0.717, 1.165) is 0 Å². The van der Waals surface area contributed by atoms with E-state index in [2.05, 4.69) is 25.0 Å². The fourth-order valence-corrected chi connectivity index (χ4v) is 9.96. The SMILES string of the molecule is C1CCNC1.CC(C)(C)[O-].CCOC(=O)/C=C/c1c(N)nc(C(C)C)c(C(=O)OC)c1-c1ccc(F)cc1.CCOC(=O)COP(OCC)OCC.CCOC(=O)c1c(N)nc(C(C)C)c(C(=O)OC)c1-c1ccc(F)cc1.COC(=O)c1c(C(C)C)nc(N)c(C=O)c1-c1ccc(F)cc1.[K+]. The van der Waals surface area contributed by atoms with Gasteiger partial charge in [-0.3, -0.25) is 4.79 Å². The molecule has 29 heteroatoms. The summed E-state index contributed by atoms with van der Waals surface area (Å²) in [4.78, 5) is 96.9. The molecule has 0 spiro atoms. The van der Waals surface area contributed by atoms with E-state index in [1.807, 2.05) is 55.4 Å². The van der Waals surface area contributed by atoms with Crippen molar-refractivity contribution in [2.45, 2.75) is 133 Å². The van der Waals surface area contributed by atoms with Crippen molar-refractivity contribution in [3.8, 4) is 33.4 Å². The fraction of sp³-hybridized carbons (Fsp3) is 0.425. The predicted molar refractivity (Wildman–Crippen MR) is 380 cm³/mol. The number of halogens is 3. The van der Waals surface area contributed by atoms with Crippen LogP contribution in [0.4, 0.5) is 30.6 Å². The van der Waals surface area contributed by atoms with Crippen molar-refractivity contribution in [2.75, 3.05) is 91.3 Å². The number of benzene rings is 3. The first-order chi connectivity index (χ1) is 47.7. The van der Waals surface area contributed by atoms with E-state index in [0.29, 0.717) is 76.6 Å². The number of esters is 6. The molecule has 3 aromatic heterocycles. The van der Waals surface area contributed by atoms with E-state index < -0.39 is 67.5 Å². The number of nitrogen functional groups attached to an aromatic ring is 3. The molecule has 6 aromatic rings. The van der Waals surface area contributed by atoms with Gasteiger partial charge in [0.05, 0.1) is 93.7 Å². The summed E-state index contributed by atoms with van der Waals surface area (Å²) in [6.45, 7) is 28.8. The van der Waals surface area contributed by atoms with E-state index >= 15 is 0 Å². The van der Waals surface area contributed by atoms with Crippen LogP contribution in [-0.2, 0) is 51.6 Å². The summed E-state index contributed by atoms with van der Waals surface area (Å²) >= 11 is 0. The van der Waals surface area contributed by atoms with Crippen LogP contribution in [0.15, 0.2) is 78.9 Å². The molecule has 0 radical (unpaired) electrons. The zero-order valence-electron chi connectivity index (χ0n) is 61.6. The van der Waals surface area contributed by atoms with Gasteiger partial charge >= 0.3 is 95.8 Å². The number of aromatic nitrogens is 3. The van der Waals surface area contributed by atoms with Gasteiger partial charge in [-0.1, -0.05) is 98.7 Å². The molecule has 7 N–H and O–H groups in total. The Morgan fingerprint density at radius 1 is 0.520 bits per heavy atom. The average molecular weight is 1470 g/mol. The second-order valence-electron chi connectivity index (χ2n) is 23.2. The summed E-state index contributed by atoms with van der Waals surface area (Å²) < 4.78 is 84.7. The van der Waals surface area contributed by atoms with Crippen LogP contribution < -0.4 is 79.0 Å². The molecule has 1 aliphatic rings. The maximum Gasteiger partial charge on any atom is 1.00 e. The molecular weight excluding hydrogens is 1370 g/mol. The van der Waals surface area contributed by atoms with Crippen molar-refractivity contribution in [1.82, 2.24) is 20.3 Å². The van der Waals surface area contributed by atoms with Crippen molar-refractivity contribution in [1.29, 1.82) is 0 Å². The maximum atomic E-state index is 13.4. The first kappa shape index (κ1) is 92.4. The van der Waals surface area contributed by atoms with Gasteiger partial charge in [0.2, 0.25) is 0 Å². The number of hydrogen-bond donors (Lipinski definition) is 4. The molecule has 24 nitrogen and oxygen atoms in total. The van der Waals surface area contributed by atoms with Gasteiger partial charge in [-0.05, 0) is 137 Å². The molecule has 1 aliphatic heterocycles. The summed E-state index contributed by atoms with van der Waals surface area (Å²) in [6, 6.07) is 16.5. The van der Waals surface area contributed by atoms with Gasteiger partial charge in [0.1, 0.15) is 40.5 Å². The molecular formula is C73H96F3KN7O17P. The minimum Gasteiger partial charge on any atom is -0.850 e. The van der Waals surface area contributed by atoms with Crippen LogP contribution in [-0.4, -0.2) is 137 Å². The molecule has 4 heterocycles.